The molecular formula is C29H22F8O. The Kier molecular flexibility index (Phi) is 7.94. The summed E-state index contributed by atoms with van der Waals surface area (Å²) in [7, 11) is 0. The molecule has 4 rings (SSSR count). The Hall–Kier alpha value is -3.62. The lowest BCUT2D eigenvalue weighted by Gasteiger charge is -2.14. The van der Waals surface area contributed by atoms with Crippen molar-refractivity contribution in [3.05, 3.63) is 89.2 Å². The Bertz CT molecular complexity index is 1430. The molecule has 0 aromatic heterocycles. The van der Waals surface area contributed by atoms with E-state index in [1.165, 1.54) is 6.07 Å². The monoisotopic (exact) mass is 538 g/mol. The summed E-state index contributed by atoms with van der Waals surface area (Å²) in [4.78, 5) is 0. The molecule has 200 valence electrons. The molecule has 0 spiro atoms. The Balaban J connectivity index is 1.67. The van der Waals surface area contributed by atoms with Crippen molar-refractivity contribution < 1.29 is 39.9 Å². The van der Waals surface area contributed by atoms with Gasteiger partial charge in [-0.05, 0) is 59.2 Å². The van der Waals surface area contributed by atoms with Gasteiger partial charge in [0.15, 0.2) is 11.6 Å². The van der Waals surface area contributed by atoms with Crippen LogP contribution < -0.4 is 4.74 Å². The van der Waals surface area contributed by atoms with Gasteiger partial charge in [-0.3, -0.25) is 0 Å². The number of halogens is 8. The van der Waals surface area contributed by atoms with E-state index in [0.29, 0.717) is 17.5 Å². The molecule has 0 radical (unpaired) electrons. The Morgan fingerprint density at radius 2 is 1.32 bits per heavy atom. The lowest BCUT2D eigenvalue weighted by molar-refractivity contribution is -0.276. The lowest BCUT2D eigenvalue weighted by atomic mass is 9.95. The van der Waals surface area contributed by atoms with Crippen LogP contribution in [0.5, 0.6) is 5.75 Å². The fourth-order valence-corrected chi connectivity index (χ4v) is 4.40. The topological polar surface area (TPSA) is 9.23 Å². The third-order valence-corrected chi connectivity index (χ3v) is 6.20. The van der Waals surface area contributed by atoms with Crippen LogP contribution in [0.4, 0.5) is 35.1 Å². The minimum absolute atomic E-state index is 0.0937. The molecule has 0 atom stereocenters. The van der Waals surface area contributed by atoms with Crippen molar-refractivity contribution in [3.8, 4) is 28.0 Å². The number of benzene rings is 4. The zero-order valence-corrected chi connectivity index (χ0v) is 20.2. The number of hydrogen-bond donors (Lipinski definition) is 0. The maximum atomic E-state index is 15.4. The Labute approximate surface area is 213 Å². The second kappa shape index (κ2) is 11.0. The summed E-state index contributed by atoms with van der Waals surface area (Å²) < 4.78 is 114. The van der Waals surface area contributed by atoms with E-state index in [9.17, 15) is 30.7 Å². The predicted molar refractivity (Wildman–Crippen MR) is 129 cm³/mol. The largest absolute Gasteiger partial charge is 0.573 e. The molecule has 4 aromatic carbocycles. The molecule has 0 amide bonds. The van der Waals surface area contributed by atoms with Crippen molar-refractivity contribution in [2.75, 3.05) is 0 Å². The van der Waals surface area contributed by atoms with E-state index in [-0.39, 0.29) is 16.5 Å². The molecule has 38 heavy (non-hydrogen) atoms. The maximum absolute atomic E-state index is 15.4. The van der Waals surface area contributed by atoms with E-state index >= 15 is 4.39 Å². The van der Waals surface area contributed by atoms with Crippen molar-refractivity contribution in [1.29, 1.82) is 0 Å². The number of rotatable bonds is 8. The van der Waals surface area contributed by atoms with Crippen LogP contribution in [0.3, 0.4) is 0 Å². The molecule has 0 bridgehead atoms. The molecule has 0 unspecified atom stereocenters. The summed E-state index contributed by atoms with van der Waals surface area (Å²) in [6.07, 6.45) is -0.163. The van der Waals surface area contributed by atoms with Crippen LogP contribution in [0.25, 0.3) is 33.0 Å². The summed E-state index contributed by atoms with van der Waals surface area (Å²) in [6, 6.07) is 10.5. The first-order chi connectivity index (χ1) is 18.0. The fraction of sp³-hybridized carbons (Fsp3) is 0.241. The van der Waals surface area contributed by atoms with Gasteiger partial charge in [0.05, 0.1) is 5.56 Å². The van der Waals surface area contributed by atoms with Gasteiger partial charge >= 0.3 is 6.36 Å². The molecule has 0 N–H and O–H groups in total. The summed E-state index contributed by atoms with van der Waals surface area (Å²) in [5, 5.41) is 0.887. The third-order valence-electron chi connectivity index (χ3n) is 6.20. The maximum Gasteiger partial charge on any atom is 0.573 e. The average Bonchev–Trinajstić information content (AvgIpc) is 2.83. The van der Waals surface area contributed by atoms with Gasteiger partial charge in [-0.25, -0.2) is 22.0 Å². The van der Waals surface area contributed by atoms with Crippen molar-refractivity contribution in [2.24, 2.45) is 0 Å². The van der Waals surface area contributed by atoms with Crippen molar-refractivity contribution >= 4 is 10.8 Å². The smallest absolute Gasteiger partial charge is 0.399 e. The van der Waals surface area contributed by atoms with E-state index in [4.69, 9.17) is 0 Å². The Morgan fingerprint density at radius 3 is 1.92 bits per heavy atom. The van der Waals surface area contributed by atoms with E-state index in [1.807, 2.05) is 6.07 Å². The molecular weight excluding hydrogens is 516 g/mol. The molecule has 0 aliphatic carbocycles. The third kappa shape index (κ3) is 5.92. The zero-order chi connectivity index (χ0) is 27.6. The first-order valence-corrected chi connectivity index (χ1v) is 11.9. The van der Waals surface area contributed by atoms with Gasteiger partial charge in [-0.2, -0.15) is 0 Å². The molecule has 0 saturated carbocycles. The van der Waals surface area contributed by atoms with E-state index in [2.05, 4.69) is 11.7 Å². The number of ether oxygens (including phenoxy) is 1. The number of aryl methyl sites for hydroxylation is 1. The number of fused-ring (bicyclic) bond motifs is 1. The van der Waals surface area contributed by atoms with Crippen molar-refractivity contribution in [3.63, 3.8) is 0 Å². The van der Waals surface area contributed by atoms with Gasteiger partial charge in [-0.15, -0.1) is 13.2 Å². The minimum atomic E-state index is -5.37. The molecule has 0 saturated heterocycles. The van der Waals surface area contributed by atoms with Gasteiger partial charge in [0.1, 0.15) is 17.5 Å². The number of hydrogen-bond acceptors (Lipinski definition) is 1. The first-order valence-electron chi connectivity index (χ1n) is 11.9. The lowest BCUT2D eigenvalue weighted by Crippen LogP contribution is -2.19. The van der Waals surface area contributed by atoms with Gasteiger partial charge < -0.3 is 4.74 Å². The molecule has 0 aliphatic rings. The van der Waals surface area contributed by atoms with Crippen LogP contribution in [-0.4, -0.2) is 6.36 Å². The molecule has 9 heteroatoms. The second-order valence-electron chi connectivity index (χ2n) is 8.92. The zero-order valence-electron chi connectivity index (χ0n) is 20.2. The fourth-order valence-electron chi connectivity index (χ4n) is 4.40. The molecule has 0 aliphatic heterocycles. The molecule has 1 nitrogen and oxygen atoms in total. The van der Waals surface area contributed by atoms with Gasteiger partial charge in [0.2, 0.25) is 5.75 Å². The van der Waals surface area contributed by atoms with E-state index in [1.54, 1.807) is 18.2 Å². The molecule has 0 fully saturated rings. The van der Waals surface area contributed by atoms with Crippen LogP contribution in [0.15, 0.2) is 54.6 Å². The summed E-state index contributed by atoms with van der Waals surface area (Å²) in [5.74, 6) is -8.62. The summed E-state index contributed by atoms with van der Waals surface area (Å²) >= 11 is 0. The van der Waals surface area contributed by atoms with Crippen LogP contribution in [0, 0.1) is 29.1 Å². The van der Waals surface area contributed by atoms with Gasteiger partial charge in [-0.1, -0.05) is 56.5 Å². The minimum Gasteiger partial charge on any atom is -0.399 e. The first kappa shape index (κ1) is 27.4. The highest BCUT2D eigenvalue weighted by atomic mass is 19.4. The van der Waals surface area contributed by atoms with Crippen LogP contribution >= 0.6 is 0 Å². The van der Waals surface area contributed by atoms with Crippen molar-refractivity contribution in [2.45, 2.75) is 45.4 Å². The summed E-state index contributed by atoms with van der Waals surface area (Å²) in [5.41, 5.74) is -0.789. The van der Waals surface area contributed by atoms with Gasteiger partial charge in [0.25, 0.3) is 0 Å². The van der Waals surface area contributed by atoms with E-state index < -0.39 is 52.3 Å². The number of alkyl halides is 3. The van der Waals surface area contributed by atoms with Crippen LogP contribution in [-0.2, 0) is 6.42 Å². The van der Waals surface area contributed by atoms with E-state index in [0.717, 1.165) is 49.8 Å². The van der Waals surface area contributed by atoms with Crippen LogP contribution in [0.1, 0.15) is 38.2 Å². The van der Waals surface area contributed by atoms with Crippen LogP contribution in [0.2, 0.25) is 0 Å². The highest BCUT2D eigenvalue weighted by Gasteiger charge is 2.34. The normalized spacial score (nSPS) is 11.8. The highest BCUT2D eigenvalue weighted by molar-refractivity contribution is 5.89. The van der Waals surface area contributed by atoms with Gasteiger partial charge in [0, 0.05) is 10.9 Å². The molecule has 0 heterocycles. The highest BCUT2D eigenvalue weighted by Crippen LogP contribution is 2.37. The number of unbranched alkanes of at least 4 members (excludes halogenated alkanes) is 3. The standard InChI is InChI=1S/C29H22F8O/c1-2-3-4-5-6-16-7-9-20-17(11-16)8-10-21(27(20)34)18-12-22(30)26(23(31)13-18)19-14-24(32)28(25(33)15-19)38-29(35,36)37/h7-15H,2-6H2,1H3. The quantitative estimate of drug-likeness (QED) is 0.160. The Morgan fingerprint density at radius 1 is 0.684 bits per heavy atom. The second-order valence-corrected chi connectivity index (χ2v) is 8.92. The SMILES string of the molecule is CCCCCCc1ccc2c(F)c(-c3cc(F)c(-c4cc(F)c(OC(F)(F)F)c(F)c4)c(F)c3)ccc2c1. The average molecular weight is 538 g/mol. The summed E-state index contributed by atoms with van der Waals surface area (Å²) in [6.45, 7) is 2.12. The molecule has 4 aromatic rings. The predicted octanol–water partition coefficient (Wildman–Crippen LogP) is 9.89. The van der Waals surface area contributed by atoms with Crippen molar-refractivity contribution in [1.82, 2.24) is 0 Å².